The molecule has 5 unspecified atom stereocenters. The molecule has 0 fully saturated rings. The molecule has 0 radical (unpaired) electrons. The van der Waals surface area contributed by atoms with Gasteiger partial charge in [0.1, 0.15) is 6.29 Å². The van der Waals surface area contributed by atoms with E-state index in [1.165, 1.54) is 0 Å². The number of aldehydes is 1. The van der Waals surface area contributed by atoms with Gasteiger partial charge in [0.25, 0.3) is 0 Å². The predicted octanol–water partition coefficient (Wildman–Crippen LogP) is 0.709. The second-order valence-electron chi connectivity index (χ2n) is 13.6. The van der Waals surface area contributed by atoms with E-state index in [2.05, 4.69) is 54.8 Å². The van der Waals surface area contributed by atoms with Crippen molar-refractivity contribution in [3.8, 4) is 0 Å². The Morgan fingerprint density at radius 1 is 0.440 bits per heavy atom. The van der Waals surface area contributed by atoms with E-state index in [0.717, 1.165) is 77.5 Å². The molecular weight excluding hydrogens is 638 g/mol. The standard InChI is InChI=1S/C36H73N9O5/c1-28(12-7-18-37-2)24-33(47)43-30(14-9-20-39-4)26-35(49)45-32(16-11-22-41-6)27-36(50)44-31(15-10-21-40-5)25-34(48)42-29(17-23-46)13-8-19-38-3/h23,28-32,37-41H,7-22,24-27H2,1-6H3,(H,42,48)(H,43,47)(H,44,50)(H,45,49). The van der Waals surface area contributed by atoms with Crippen LogP contribution >= 0.6 is 0 Å². The van der Waals surface area contributed by atoms with Gasteiger partial charge in [-0.05, 0) is 138 Å². The van der Waals surface area contributed by atoms with Crippen LogP contribution in [0.4, 0.5) is 0 Å². The average Bonchev–Trinajstić information content (AvgIpc) is 3.05. The smallest absolute Gasteiger partial charge is 0.222 e. The lowest BCUT2D eigenvalue weighted by Gasteiger charge is -2.24. The highest BCUT2D eigenvalue weighted by molar-refractivity contribution is 5.82. The number of nitrogens with one attached hydrogen (secondary N) is 9. The molecule has 14 nitrogen and oxygen atoms in total. The Kier molecular flexibility index (Phi) is 30.6. The Morgan fingerprint density at radius 2 is 0.720 bits per heavy atom. The molecule has 0 aliphatic carbocycles. The molecule has 5 atom stereocenters. The Labute approximate surface area is 302 Å². The van der Waals surface area contributed by atoms with E-state index >= 15 is 0 Å². The van der Waals surface area contributed by atoms with Crippen LogP contribution in [0, 0.1) is 5.92 Å². The summed E-state index contributed by atoms with van der Waals surface area (Å²) in [5.74, 6) is -0.425. The summed E-state index contributed by atoms with van der Waals surface area (Å²) in [6, 6.07) is -1.32. The van der Waals surface area contributed by atoms with Crippen LogP contribution in [0.5, 0.6) is 0 Å². The Balaban J connectivity index is 5.47. The van der Waals surface area contributed by atoms with E-state index in [9.17, 15) is 24.0 Å². The predicted molar refractivity (Wildman–Crippen MR) is 202 cm³/mol. The van der Waals surface area contributed by atoms with E-state index < -0.39 is 6.04 Å². The van der Waals surface area contributed by atoms with Crippen molar-refractivity contribution >= 4 is 29.9 Å². The van der Waals surface area contributed by atoms with Gasteiger partial charge in [-0.1, -0.05) is 6.92 Å². The fourth-order valence-corrected chi connectivity index (χ4v) is 6.01. The zero-order valence-corrected chi connectivity index (χ0v) is 32.1. The summed E-state index contributed by atoms with van der Waals surface area (Å²) in [6.07, 6.45) is 9.52. The zero-order chi connectivity index (χ0) is 37.4. The molecule has 0 aromatic heterocycles. The third-order valence-electron chi connectivity index (χ3n) is 8.71. The Morgan fingerprint density at radius 3 is 1.04 bits per heavy atom. The number of carbonyl (C=O) groups excluding carboxylic acids is 5. The van der Waals surface area contributed by atoms with E-state index in [4.69, 9.17) is 0 Å². The number of hydrogen-bond donors (Lipinski definition) is 9. The molecule has 14 heteroatoms. The first-order valence-electron chi connectivity index (χ1n) is 19.0. The molecule has 0 aliphatic heterocycles. The average molecular weight is 712 g/mol. The van der Waals surface area contributed by atoms with Crippen LogP contribution in [0.15, 0.2) is 0 Å². The van der Waals surface area contributed by atoms with Crippen LogP contribution in [0.1, 0.15) is 103 Å². The van der Waals surface area contributed by atoms with Crippen molar-refractivity contribution in [3.63, 3.8) is 0 Å². The van der Waals surface area contributed by atoms with Crippen molar-refractivity contribution < 1.29 is 24.0 Å². The third kappa shape index (κ3) is 27.1. The van der Waals surface area contributed by atoms with Gasteiger partial charge < -0.3 is 52.6 Å². The summed E-state index contributed by atoms with van der Waals surface area (Å²) in [5, 5.41) is 27.8. The number of carbonyl (C=O) groups is 5. The topological polar surface area (TPSA) is 194 Å². The SMILES string of the molecule is CNCCCC(C)CC(=O)NC(CCCNC)CC(=O)NC(CCCNC)CC(=O)NC(CCCNC)CC(=O)NC(CC=O)CCCNC. The van der Waals surface area contributed by atoms with Crippen LogP contribution in [0.25, 0.3) is 0 Å². The largest absolute Gasteiger partial charge is 0.353 e. The normalized spacial score (nSPS) is 14.2. The second kappa shape index (κ2) is 32.3. The lowest BCUT2D eigenvalue weighted by atomic mass is 10.00. The molecule has 0 saturated heterocycles. The van der Waals surface area contributed by atoms with Gasteiger partial charge in [-0.25, -0.2) is 0 Å². The number of rotatable bonds is 34. The van der Waals surface area contributed by atoms with Crippen LogP contribution < -0.4 is 47.9 Å². The van der Waals surface area contributed by atoms with Gasteiger partial charge in [-0.2, -0.15) is 0 Å². The van der Waals surface area contributed by atoms with Crippen molar-refractivity contribution in [2.24, 2.45) is 5.92 Å². The molecule has 0 rings (SSSR count). The molecule has 292 valence electrons. The summed E-state index contributed by atoms with van der Waals surface area (Å²) in [6.45, 7) is 6.06. The van der Waals surface area contributed by atoms with Crippen molar-refractivity contribution in [3.05, 3.63) is 0 Å². The van der Waals surface area contributed by atoms with Crippen LogP contribution in [0.2, 0.25) is 0 Å². The minimum Gasteiger partial charge on any atom is -0.353 e. The van der Waals surface area contributed by atoms with Gasteiger partial charge >= 0.3 is 0 Å². The van der Waals surface area contributed by atoms with Crippen molar-refractivity contribution in [1.82, 2.24) is 47.9 Å². The van der Waals surface area contributed by atoms with Crippen LogP contribution in [-0.2, 0) is 24.0 Å². The second-order valence-corrected chi connectivity index (χ2v) is 13.6. The van der Waals surface area contributed by atoms with E-state index in [1.54, 1.807) is 0 Å². The van der Waals surface area contributed by atoms with Crippen LogP contribution in [-0.4, -0.2) is 122 Å². The summed E-state index contributed by atoms with van der Waals surface area (Å²) < 4.78 is 0. The molecule has 0 bridgehead atoms. The quantitative estimate of drug-likeness (QED) is 0.0339. The van der Waals surface area contributed by atoms with E-state index in [0.29, 0.717) is 32.1 Å². The molecule has 4 amide bonds. The Hall–Kier alpha value is -2.65. The number of amides is 4. The van der Waals surface area contributed by atoms with E-state index in [-0.39, 0.29) is 73.4 Å². The summed E-state index contributed by atoms with van der Waals surface area (Å²) in [7, 11) is 9.38. The lowest BCUT2D eigenvalue weighted by molar-refractivity contribution is -0.125. The van der Waals surface area contributed by atoms with Gasteiger partial charge in [-0.15, -0.1) is 0 Å². The van der Waals surface area contributed by atoms with Crippen LogP contribution in [0.3, 0.4) is 0 Å². The molecular formula is C36H73N9O5. The van der Waals surface area contributed by atoms with Gasteiger partial charge in [-0.3, -0.25) is 19.2 Å². The van der Waals surface area contributed by atoms with Gasteiger partial charge in [0.05, 0.1) is 0 Å². The first kappa shape index (κ1) is 47.4. The lowest BCUT2D eigenvalue weighted by Crippen LogP contribution is -2.46. The highest BCUT2D eigenvalue weighted by Gasteiger charge is 2.24. The molecule has 0 aromatic rings. The zero-order valence-electron chi connectivity index (χ0n) is 32.1. The fraction of sp³-hybridized carbons (Fsp3) is 0.861. The summed E-state index contributed by atoms with van der Waals surface area (Å²) in [5.41, 5.74) is 0. The molecule has 0 spiro atoms. The maximum Gasteiger partial charge on any atom is 0.222 e. The van der Waals surface area contributed by atoms with Crippen molar-refractivity contribution in [1.29, 1.82) is 0 Å². The fourth-order valence-electron chi connectivity index (χ4n) is 6.01. The minimum atomic E-state index is -0.396. The highest BCUT2D eigenvalue weighted by Crippen LogP contribution is 2.12. The minimum absolute atomic E-state index is 0.0436. The third-order valence-corrected chi connectivity index (χ3v) is 8.71. The molecule has 0 aliphatic rings. The summed E-state index contributed by atoms with van der Waals surface area (Å²) in [4.78, 5) is 63.8. The maximum atomic E-state index is 13.4. The number of hydrogen-bond acceptors (Lipinski definition) is 10. The molecule has 9 N–H and O–H groups in total. The maximum absolute atomic E-state index is 13.4. The molecule has 50 heavy (non-hydrogen) atoms. The molecule has 0 aromatic carbocycles. The van der Waals surface area contributed by atoms with Crippen molar-refractivity contribution in [2.45, 2.75) is 127 Å². The first-order valence-corrected chi connectivity index (χ1v) is 19.0. The van der Waals surface area contributed by atoms with Gasteiger partial charge in [0.2, 0.25) is 23.6 Å². The Bertz CT molecular complexity index is 911. The highest BCUT2D eigenvalue weighted by atomic mass is 16.2. The monoisotopic (exact) mass is 712 g/mol. The van der Waals surface area contributed by atoms with Gasteiger partial charge in [0, 0.05) is 56.3 Å². The molecule has 0 heterocycles. The van der Waals surface area contributed by atoms with Crippen molar-refractivity contribution in [2.75, 3.05) is 68.0 Å². The first-order chi connectivity index (χ1) is 24.1. The summed E-state index contributed by atoms with van der Waals surface area (Å²) >= 11 is 0. The molecule has 0 saturated carbocycles. The van der Waals surface area contributed by atoms with E-state index in [1.807, 2.05) is 35.2 Å². The van der Waals surface area contributed by atoms with Gasteiger partial charge in [0.15, 0.2) is 0 Å².